The first kappa shape index (κ1) is 15.9. The smallest absolute Gasteiger partial charge is 0.267 e. The van der Waals surface area contributed by atoms with Gasteiger partial charge >= 0.3 is 0 Å². The van der Waals surface area contributed by atoms with Crippen LogP contribution in [0.25, 0.3) is 0 Å². The van der Waals surface area contributed by atoms with Crippen LogP contribution >= 0.6 is 0 Å². The molecule has 0 aromatic carbocycles. The van der Waals surface area contributed by atoms with Crippen LogP contribution in [0.4, 0.5) is 0 Å². The molecule has 0 unspecified atom stereocenters. The average Bonchev–Trinajstić information content (AvgIpc) is 2.76. The van der Waals surface area contributed by atoms with Crippen molar-refractivity contribution in [3.63, 3.8) is 0 Å². The lowest BCUT2D eigenvalue weighted by Crippen LogP contribution is -2.44. The van der Waals surface area contributed by atoms with Crippen LogP contribution in [0.5, 0.6) is 0 Å². The van der Waals surface area contributed by atoms with Gasteiger partial charge in [-0.3, -0.25) is 9.59 Å². The second-order valence-electron chi connectivity index (χ2n) is 5.95. The molecule has 0 spiro atoms. The molecular weight excluding hydrogens is 294 g/mol. The van der Waals surface area contributed by atoms with Gasteiger partial charge in [0.15, 0.2) is 9.84 Å². The maximum Gasteiger partial charge on any atom is 0.267 e. The fourth-order valence-corrected chi connectivity index (χ4v) is 4.08. The predicted molar refractivity (Wildman–Crippen MR) is 78.4 cm³/mol. The minimum Gasteiger partial charge on any atom is -0.351 e. The Labute approximate surface area is 124 Å². The van der Waals surface area contributed by atoms with E-state index in [0.717, 1.165) is 0 Å². The summed E-state index contributed by atoms with van der Waals surface area (Å²) >= 11 is 0. The van der Waals surface area contributed by atoms with Gasteiger partial charge in [0.25, 0.3) is 5.91 Å². The lowest BCUT2D eigenvalue weighted by molar-refractivity contribution is -0.133. The van der Waals surface area contributed by atoms with Crippen molar-refractivity contribution < 1.29 is 18.0 Å². The Morgan fingerprint density at radius 3 is 2.71 bits per heavy atom. The molecule has 118 valence electrons. The van der Waals surface area contributed by atoms with E-state index in [4.69, 9.17) is 0 Å². The minimum atomic E-state index is -3.09. The van der Waals surface area contributed by atoms with Crippen LogP contribution < -0.4 is 5.32 Å². The SMILES string of the molecule is CC(C)CNC(=O)C1=NN([C@@H]2CCS(=O)(=O)C2)C(=O)CC1. The van der Waals surface area contributed by atoms with Crippen molar-refractivity contribution in [1.29, 1.82) is 0 Å². The van der Waals surface area contributed by atoms with Gasteiger partial charge in [-0.05, 0) is 12.3 Å². The number of hydrogen-bond acceptors (Lipinski definition) is 5. The zero-order chi connectivity index (χ0) is 15.6. The van der Waals surface area contributed by atoms with E-state index in [0.29, 0.717) is 31.0 Å². The molecule has 0 radical (unpaired) electrons. The Balaban J connectivity index is 2.08. The second-order valence-corrected chi connectivity index (χ2v) is 8.17. The van der Waals surface area contributed by atoms with Gasteiger partial charge in [0.05, 0.1) is 17.5 Å². The molecule has 2 aliphatic heterocycles. The van der Waals surface area contributed by atoms with E-state index in [2.05, 4.69) is 10.4 Å². The Morgan fingerprint density at radius 2 is 2.14 bits per heavy atom. The molecule has 0 aromatic heterocycles. The lowest BCUT2D eigenvalue weighted by Gasteiger charge is -2.27. The standard InChI is InChI=1S/C13H21N3O4S/c1-9(2)7-14-13(18)11-3-4-12(17)16(15-11)10-5-6-21(19,20)8-10/h9-10H,3-8H2,1-2H3,(H,14,18)/t10-/m1/s1. The number of hydrazone groups is 1. The third-order valence-electron chi connectivity index (χ3n) is 3.55. The maximum atomic E-state index is 12.0. The van der Waals surface area contributed by atoms with Gasteiger partial charge in [0, 0.05) is 19.4 Å². The van der Waals surface area contributed by atoms with Crippen molar-refractivity contribution in [1.82, 2.24) is 10.3 Å². The number of hydrogen-bond donors (Lipinski definition) is 1. The lowest BCUT2D eigenvalue weighted by atomic mass is 10.1. The molecule has 2 heterocycles. The molecule has 2 rings (SSSR count). The van der Waals surface area contributed by atoms with E-state index < -0.39 is 15.9 Å². The van der Waals surface area contributed by atoms with Crippen molar-refractivity contribution in [2.75, 3.05) is 18.1 Å². The normalized spacial score (nSPS) is 25.1. The molecule has 0 bridgehead atoms. The maximum absolute atomic E-state index is 12.0. The number of nitrogens with zero attached hydrogens (tertiary/aromatic N) is 2. The van der Waals surface area contributed by atoms with E-state index in [1.165, 1.54) is 5.01 Å². The zero-order valence-corrected chi connectivity index (χ0v) is 13.1. The van der Waals surface area contributed by atoms with Crippen molar-refractivity contribution in [3.05, 3.63) is 0 Å². The van der Waals surface area contributed by atoms with Gasteiger partial charge in [-0.2, -0.15) is 5.10 Å². The van der Waals surface area contributed by atoms with Crippen LogP contribution in [-0.4, -0.2) is 55.0 Å². The van der Waals surface area contributed by atoms with Gasteiger partial charge < -0.3 is 5.32 Å². The van der Waals surface area contributed by atoms with Crippen LogP contribution in [0, 0.1) is 5.92 Å². The predicted octanol–water partition coefficient (Wildman–Crippen LogP) is -0.0759. The number of amides is 2. The topological polar surface area (TPSA) is 95.9 Å². The number of sulfone groups is 1. The minimum absolute atomic E-state index is 0.0663. The molecule has 2 aliphatic rings. The van der Waals surface area contributed by atoms with Crippen LogP contribution in [0.15, 0.2) is 5.10 Å². The van der Waals surface area contributed by atoms with Crippen LogP contribution in [0.2, 0.25) is 0 Å². The zero-order valence-electron chi connectivity index (χ0n) is 12.3. The highest BCUT2D eigenvalue weighted by molar-refractivity contribution is 7.91. The monoisotopic (exact) mass is 315 g/mol. The fraction of sp³-hybridized carbons (Fsp3) is 0.769. The largest absolute Gasteiger partial charge is 0.351 e. The van der Waals surface area contributed by atoms with Crippen molar-refractivity contribution in [2.24, 2.45) is 11.0 Å². The molecule has 1 atom stereocenters. The summed E-state index contributed by atoms with van der Waals surface area (Å²) in [6.45, 7) is 4.52. The molecule has 7 nitrogen and oxygen atoms in total. The number of carbonyl (C=O) groups is 2. The molecule has 1 N–H and O–H groups in total. The highest BCUT2D eigenvalue weighted by Gasteiger charge is 2.37. The summed E-state index contributed by atoms with van der Waals surface area (Å²) in [6, 6.07) is -0.435. The van der Waals surface area contributed by atoms with E-state index in [9.17, 15) is 18.0 Å². The van der Waals surface area contributed by atoms with Gasteiger partial charge in [0.2, 0.25) is 5.91 Å². The molecule has 21 heavy (non-hydrogen) atoms. The van der Waals surface area contributed by atoms with Crippen molar-refractivity contribution >= 4 is 27.4 Å². The summed E-state index contributed by atoms with van der Waals surface area (Å²) in [6.07, 6.45) is 0.891. The number of rotatable bonds is 4. The summed E-state index contributed by atoms with van der Waals surface area (Å²) in [4.78, 5) is 23.9. The van der Waals surface area contributed by atoms with E-state index in [1.807, 2.05) is 13.8 Å². The highest BCUT2D eigenvalue weighted by Crippen LogP contribution is 2.22. The number of carbonyl (C=O) groups excluding carboxylic acids is 2. The summed E-state index contributed by atoms with van der Waals surface area (Å²) in [5.41, 5.74) is 0.305. The fourth-order valence-electron chi connectivity index (χ4n) is 2.39. The molecule has 2 amide bonds. The molecule has 0 aliphatic carbocycles. The van der Waals surface area contributed by atoms with Gasteiger partial charge in [-0.15, -0.1) is 0 Å². The Bertz CT molecular complexity index is 568. The molecule has 8 heteroatoms. The Hall–Kier alpha value is -1.44. The number of nitrogens with one attached hydrogen (secondary N) is 1. The molecule has 0 aromatic rings. The van der Waals surface area contributed by atoms with Crippen LogP contribution in [0.1, 0.15) is 33.1 Å². The second kappa shape index (κ2) is 6.13. The molecule has 1 saturated heterocycles. The first-order valence-corrected chi connectivity index (χ1v) is 8.99. The van der Waals surface area contributed by atoms with Crippen molar-refractivity contribution in [2.45, 2.75) is 39.2 Å². The van der Waals surface area contributed by atoms with Crippen molar-refractivity contribution in [3.8, 4) is 0 Å². The molecular formula is C13H21N3O4S. The highest BCUT2D eigenvalue weighted by atomic mass is 32.2. The Kier molecular flexibility index (Phi) is 4.65. The quantitative estimate of drug-likeness (QED) is 0.785. The first-order chi connectivity index (χ1) is 9.78. The average molecular weight is 315 g/mol. The summed E-state index contributed by atoms with van der Waals surface area (Å²) in [5, 5.41) is 8.09. The third-order valence-corrected chi connectivity index (χ3v) is 5.30. The molecule has 1 fully saturated rings. The Morgan fingerprint density at radius 1 is 1.43 bits per heavy atom. The van der Waals surface area contributed by atoms with Gasteiger partial charge in [-0.1, -0.05) is 13.8 Å². The van der Waals surface area contributed by atoms with Gasteiger partial charge in [0.1, 0.15) is 5.71 Å². The van der Waals surface area contributed by atoms with Gasteiger partial charge in [-0.25, -0.2) is 13.4 Å². The summed E-state index contributed by atoms with van der Waals surface area (Å²) in [5.74, 6) is -0.148. The van der Waals surface area contributed by atoms with E-state index in [1.54, 1.807) is 0 Å². The van der Waals surface area contributed by atoms with E-state index >= 15 is 0 Å². The summed E-state index contributed by atoms with van der Waals surface area (Å²) < 4.78 is 23.0. The molecule has 0 saturated carbocycles. The third kappa shape index (κ3) is 4.03. The summed E-state index contributed by atoms with van der Waals surface area (Å²) in [7, 11) is -3.09. The van der Waals surface area contributed by atoms with E-state index in [-0.39, 0.29) is 29.7 Å². The first-order valence-electron chi connectivity index (χ1n) is 7.16. The van der Waals surface area contributed by atoms with Crippen LogP contribution in [0.3, 0.4) is 0 Å². The van der Waals surface area contributed by atoms with Crippen LogP contribution in [-0.2, 0) is 19.4 Å².